The molecule has 1 aromatic carbocycles. The van der Waals surface area contributed by atoms with Gasteiger partial charge in [0.1, 0.15) is 7.85 Å². The Bertz CT molecular complexity index is 410. The van der Waals surface area contributed by atoms with Gasteiger partial charge >= 0.3 is 0 Å². The molecular formula is C8H6BNS2. The quantitative estimate of drug-likeness (QED) is 0.503. The second kappa shape index (κ2) is 3.11. The second-order valence-corrected chi connectivity index (χ2v) is 4.50. The van der Waals surface area contributed by atoms with Crippen LogP contribution in [0.15, 0.2) is 22.5 Å². The Morgan fingerprint density at radius 3 is 3.08 bits per heavy atom. The van der Waals surface area contributed by atoms with Crippen LogP contribution in [0, 0.1) is 0 Å². The second-order valence-electron chi connectivity index (χ2n) is 2.41. The van der Waals surface area contributed by atoms with Crippen molar-refractivity contribution in [3.05, 3.63) is 18.2 Å². The highest BCUT2D eigenvalue weighted by atomic mass is 32.2. The minimum Gasteiger partial charge on any atom is -0.230 e. The molecule has 0 fully saturated rings. The van der Waals surface area contributed by atoms with Gasteiger partial charge in [-0.2, -0.15) is 0 Å². The summed E-state index contributed by atoms with van der Waals surface area (Å²) in [6, 6.07) is 5.83. The van der Waals surface area contributed by atoms with Crippen molar-refractivity contribution in [1.82, 2.24) is 4.98 Å². The summed E-state index contributed by atoms with van der Waals surface area (Å²) in [5.74, 6) is 0. The van der Waals surface area contributed by atoms with E-state index in [1.807, 2.05) is 24.5 Å². The molecule has 2 rings (SSSR count). The van der Waals surface area contributed by atoms with Gasteiger partial charge in [-0.25, -0.2) is 4.98 Å². The number of thiazole rings is 1. The van der Waals surface area contributed by atoms with E-state index in [4.69, 9.17) is 7.85 Å². The van der Waals surface area contributed by atoms with E-state index in [0.717, 1.165) is 15.3 Å². The molecule has 0 bridgehead atoms. The standard InChI is InChI=1S/C8H6BNS2/c1-11-8-10-6-4-5(9)2-3-7(6)12-8/h2-4H,1H3. The lowest BCUT2D eigenvalue weighted by Crippen LogP contribution is -1.98. The van der Waals surface area contributed by atoms with Crippen molar-refractivity contribution in [2.24, 2.45) is 0 Å². The van der Waals surface area contributed by atoms with Crippen molar-refractivity contribution >= 4 is 46.6 Å². The van der Waals surface area contributed by atoms with Gasteiger partial charge in [0.2, 0.25) is 0 Å². The first-order valence-electron chi connectivity index (χ1n) is 3.49. The average Bonchev–Trinajstić information content (AvgIpc) is 2.46. The van der Waals surface area contributed by atoms with Gasteiger partial charge < -0.3 is 0 Å². The largest absolute Gasteiger partial charge is 0.230 e. The van der Waals surface area contributed by atoms with Gasteiger partial charge in [-0.05, 0) is 18.4 Å². The fourth-order valence-electron chi connectivity index (χ4n) is 1.01. The molecule has 2 radical (unpaired) electrons. The molecule has 0 aliphatic heterocycles. The molecule has 1 heterocycles. The minimum atomic E-state index is 0.778. The molecule has 0 aliphatic carbocycles. The Labute approximate surface area is 80.6 Å². The number of thioether (sulfide) groups is 1. The molecule has 1 aromatic heterocycles. The van der Waals surface area contributed by atoms with E-state index in [2.05, 4.69) is 4.98 Å². The summed E-state index contributed by atoms with van der Waals surface area (Å²) in [5.41, 5.74) is 1.78. The number of hydrogen-bond donors (Lipinski definition) is 0. The van der Waals surface area contributed by atoms with Gasteiger partial charge in [0, 0.05) is 0 Å². The zero-order chi connectivity index (χ0) is 8.55. The van der Waals surface area contributed by atoms with Crippen LogP contribution < -0.4 is 5.46 Å². The Morgan fingerprint density at radius 1 is 1.50 bits per heavy atom. The zero-order valence-corrected chi connectivity index (χ0v) is 8.21. The Kier molecular flexibility index (Phi) is 2.11. The van der Waals surface area contributed by atoms with E-state index in [-0.39, 0.29) is 0 Å². The summed E-state index contributed by atoms with van der Waals surface area (Å²) in [6.07, 6.45) is 2.03. The van der Waals surface area contributed by atoms with Crippen LogP contribution >= 0.6 is 23.1 Å². The van der Waals surface area contributed by atoms with Crippen LogP contribution in [0.1, 0.15) is 0 Å². The Hall–Kier alpha value is -0.475. The predicted molar refractivity (Wildman–Crippen MR) is 56.8 cm³/mol. The van der Waals surface area contributed by atoms with Crippen LogP contribution in [0.4, 0.5) is 0 Å². The zero-order valence-electron chi connectivity index (χ0n) is 6.57. The predicted octanol–water partition coefficient (Wildman–Crippen LogP) is 1.81. The van der Waals surface area contributed by atoms with E-state index in [1.165, 1.54) is 4.70 Å². The summed E-state index contributed by atoms with van der Waals surface area (Å²) in [5, 5.41) is 0. The summed E-state index contributed by atoms with van der Waals surface area (Å²) in [4.78, 5) is 4.39. The first-order chi connectivity index (χ1) is 5.79. The average molecular weight is 191 g/mol. The van der Waals surface area contributed by atoms with E-state index >= 15 is 0 Å². The molecule has 12 heavy (non-hydrogen) atoms. The fourth-order valence-corrected chi connectivity index (χ4v) is 2.48. The van der Waals surface area contributed by atoms with E-state index in [9.17, 15) is 0 Å². The highest BCUT2D eigenvalue weighted by molar-refractivity contribution is 8.00. The van der Waals surface area contributed by atoms with Crippen molar-refractivity contribution in [2.75, 3.05) is 6.26 Å². The van der Waals surface area contributed by atoms with Crippen LogP contribution in [-0.4, -0.2) is 19.1 Å². The maximum absolute atomic E-state index is 5.63. The SMILES string of the molecule is [B]c1ccc2sc(SC)nc2c1. The van der Waals surface area contributed by atoms with Crippen LogP contribution in [0.2, 0.25) is 0 Å². The molecule has 0 spiro atoms. The lowest BCUT2D eigenvalue weighted by Gasteiger charge is -1.88. The third kappa shape index (κ3) is 1.36. The van der Waals surface area contributed by atoms with Crippen molar-refractivity contribution in [3.63, 3.8) is 0 Å². The maximum atomic E-state index is 5.63. The third-order valence-electron chi connectivity index (χ3n) is 1.57. The third-order valence-corrected chi connectivity index (χ3v) is 3.59. The lowest BCUT2D eigenvalue weighted by atomic mass is 9.96. The molecule has 0 saturated carbocycles. The highest BCUT2D eigenvalue weighted by Gasteiger charge is 2.01. The normalized spacial score (nSPS) is 10.8. The van der Waals surface area contributed by atoms with Crippen molar-refractivity contribution in [1.29, 1.82) is 0 Å². The monoisotopic (exact) mass is 191 g/mol. The minimum absolute atomic E-state index is 0.778. The number of rotatable bonds is 1. The van der Waals surface area contributed by atoms with Gasteiger partial charge in [0.25, 0.3) is 0 Å². The van der Waals surface area contributed by atoms with Gasteiger partial charge in [-0.1, -0.05) is 23.3 Å². The van der Waals surface area contributed by atoms with Crippen molar-refractivity contribution in [3.8, 4) is 0 Å². The number of nitrogens with zero attached hydrogens (tertiary/aromatic N) is 1. The number of hydrogen-bond acceptors (Lipinski definition) is 3. The van der Waals surface area contributed by atoms with Crippen LogP contribution in [-0.2, 0) is 0 Å². The molecule has 0 amide bonds. The van der Waals surface area contributed by atoms with Crippen molar-refractivity contribution in [2.45, 2.75) is 4.34 Å². The van der Waals surface area contributed by atoms with Gasteiger partial charge in [0.05, 0.1) is 10.2 Å². The smallest absolute Gasteiger partial charge is 0.150 e. The van der Waals surface area contributed by atoms with E-state index in [0.29, 0.717) is 0 Å². The molecule has 58 valence electrons. The van der Waals surface area contributed by atoms with Gasteiger partial charge in [-0.3, -0.25) is 0 Å². The van der Waals surface area contributed by atoms with E-state index in [1.54, 1.807) is 23.1 Å². The van der Waals surface area contributed by atoms with E-state index < -0.39 is 0 Å². The van der Waals surface area contributed by atoms with Gasteiger partial charge in [-0.15, -0.1) is 11.3 Å². The summed E-state index contributed by atoms with van der Waals surface area (Å²) < 4.78 is 2.30. The first kappa shape index (κ1) is 8.14. The maximum Gasteiger partial charge on any atom is 0.150 e. The molecule has 0 aliphatic rings. The number of fused-ring (bicyclic) bond motifs is 1. The summed E-state index contributed by atoms with van der Waals surface area (Å²) in [7, 11) is 5.63. The molecule has 0 saturated heterocycles. The molecule has 2 aromatic rings. The van der Waals surface area contributed by atoms with Crippen LogP contribution in [0.3, 0.4) is 0 Å². The molecule has 0 N–H and O–H groups in total. The molecular weight excluding hydrogens is 185 g/mol. The number of aromatic nitrogens is 1. The molecule has 1 nitrogen and oxygen atoms in total. The Morgan fingerprint density at radius 2 is 2.33 bits per heavy atom. The lowest BCUT2D eigenvalue weighted by molar-refractivity contribution is 1.31. The molecule has 0 atom stereocenters. The van der Waals surface area contributed by atoms with Crippen molar-refractivity contribution < 1.29 is 0 Å². The highest BCUT2D eigenvalue weighted by Crippen LogP contribution is 2.26. The molecule has 0 unspecified atom stereocenters. The first-order valence-corrected chi connectivity index (χ1v) is 5.54. The van der Waals surface area contributed by atoms with Crippen LogP contribution in [0.25, 0.3) is 10.2 Å². The van der Waals surface area contributed by atoms with Gasteiger partial charge in [0.15, 0.2) is 4.34 Å². The Balaban J connectivity index is 2.67. The fraction of sp³-hybridized carbons (Fsp3) is 0.125. The topological polar surface area (TPSA) is 12.9 Å². The summed E-state index contributed by atoms with van der Waals surface area (Å²) in [6.45, 7) is 0. The summed E-state index contributed by atoms with van der Waals surface area (Å²) >= 11 is 3.37. The molecule has 4 heteroatoms. The van der Waals surface area contributed by atoms with Crippen LogP contribution in [0.5, 0.6) is 0 Å². The number of benzene rings is 1.